The lowest BCUT2D eigenvalue weighted by atomic mass is 9.96. The zero-order chi connectivity index (χ0) is 14.1. The highest BCUT2D eigenvalue weighted by molar-refractivity contribution is 6.31. The molecule has 0 spiro atoms. The molecule has 3 rings (SSSR count). The number of rotatable bonds is 2. The van der Waals surface area contributed by atoms with Gasteiger partial charge in [0.2, 0.25) is 0 Å². The number of piperidine rings is 1. The summed E-state index contributed by atoms with van der Waals surface area (Å²) in [6.45, 7) is 1.64. The number of H-pyrrole nitrogens is 1. The number of methoxy groups -OCH3 is 1. The maximum atomic E-state index is 11.6. The fourth-order valence-corrected chi connectivity index (χ4v) is 3.00. The molecule has 1 N–H and O–H groups in total. The Bertz CT molecular complexity index is 632. The average Bonchev–Trinajstić information content (AvgIpc) is 2.94. The molecule has 5 nitrogen and oxygen atoms in total. The number of fused-ring (bicyclic) bond motifs is 1. The van der Waals surface area contributed by atoms with E-state index in [1.807, 2.05) is 18.3 Å². The molecule has 1 aromatic carbocycles. The molecule has 0 unspecified atom stereocenters. The molecule has 6 heteroatoms. The van der Waals surface area contributed by atoms with E-state index in [2.05, 4.69) is 15.1 Å². The van der Waals surface area contributed by atoms with Gasteiger partial charge in [0, 0.05) is 29.2 Å². The van der Waals surface area contributed by atoms with E-state index >= 15 is 0 Å². The summed E-state index contributed by atoms with van der Waals surface area (Å²) in [5.74, 6) is -0.0977. The molecular weight excluding hydrogens is 278 g/mol. The van der Waals surface area contributed by atoms with Gasteiger partial charge in [0.05, 0.1) is 24.7 Å². The molecule has 0 atom stereocenters. The highest BCUT2D eigenvalue weighted by Crippen LogP contribution is 2.32. The molecule has 1 aliphatic rings. The number of esters is 1. The summed E-state index contributed by atoms with van der Waals surface area (Å²) in [5.41, 5.74) is 2.01. The number of hydrogen-bond acceptors (Lipinski definition) is 4. The number of aromatic amines is 1. The van der Waals surface area contributed by atoms with Crippen molar-refractivity contribution >= 4 is 34.2 Å². The van der Waals surface area contributed by atoms with E-state index in [9.17, 15) is 4.79 Å². The number of benzene rings is 1. The van der Waals surface area contributed by atoms with Gasteiger partial charge in [0.1, 0.15) is 0 Å². The van der Waals surface area contributed by atoms with E-state index in [4.69, 9.17) is 16.3 Å². The van der Waals surface area contributed by atoms with Crippen molar-refractivity contribution in [3.8, 4) is 0 Å². The first-order chi connectivity index (χ1) is 9.69. The standard InChI is InChI=1S/C14H16ClN3O2/c1-20-14(19)9-2-4-18(5-3-9)13-7-10(15)6-12-11(13)8-16-17-12/h6-9H,2-5H2,1H3,(H,16,17). The van der Waals surface area contributed by atoms with Crippen LogP contribution >= 0.6 is 11.6 Å². The second-order valence-corrected chi connectivity index (χ2v) is 5.48. The lowest BCUT2D eigenvalue weighted by Gasteiger charge is -2.32. The Morgan fingerprint density at radius 3 is 2.90 bits per heavy atom. The third kappa shape index (κ3) is 2.33. The molecule has 0 amide bonds. The van der Waals surface area contributed by atoms with Crippen LogP contribution in [-0.4, -0.2) is 36.4 Å². The topological polar surface area (TPSA) is 58.2 Å². The number of halogens is 1. The van der Waals surface area contributed by atoms with E-state index in [0.29, 0.717) is 5.02 Å². The predicted molar refractivity (Wildman–Crippen MR) is 78.1 cm³/mol. The molecular formula is C14H16ClN3O2. The van der Waals surface area contributed by atoms with Gasteiger partial charge in [-0.3, -0.25) is 9.89 Å². The van der Waals surface area contributed by atoms with Crippen LogP contribution in [0.4, 0.5) is 5.69 Å². The zero-order valence-corrected chi connectivity index (χ0v) is 12.0. The monoisotopic (exact) mass is 293 g/mol. The van der Waals surface area contributed by atoms with Gasteiger partial charge in [-0.25, -0.2) is 0 Å². The third-order valence-electron chi connectivity index (χ3n) is 3.87. The lowest BCUT2D eigenvalue weighted by Crippen LogP contribution is -2.36. The van der Waals surface area contributed by atoms with Crippen molar-refractivity contribution < 1.29 is 9.53 Å². The number of nitrogens with zero attached hydrogens (tertiary/aromatic N) is 2. The Morgan fingerprint density at radius 1 is 1.45 bits per heavy atom. The van der Waals surface area contributed by atoms with Gasteiger partial charge in [0.15, 0.2) is 0 Å². The fraction of sp³-hybridized carbons (Fsp3) is 0.429. The minimum Gasteiger partial charge on any atom is -0.469 e. The second-order valence-electron chi connectivity index (χ2n) is 5.04. The van der Waals surface area contributed by atoms with Gasteiger partial charge in [0.25, 0.3) is 0 Å². The Morgan fingerprint density at radius 2 is 2.20 bits per heavy atom. The van der Waals surface area contributed by atoms with E-state index < -0.39 is 0 Å². The maximum Gasteiger partial charge on any atom is 0.308 e. The fourth-order valence-electron chi connectivity index (χ4n) is 2.78. The normalized spacial score (nSPS) is 16.6. The smallest absolute Gasteiger partial charge is 0.308 e. The van der Waals surface area contributed by atoms with Crippen LogP contribution in [-0.2, 0) is 9.53 Å². The molecule has 106 valence electrons. The van der Waals surface area contributed by atoms with Crippen LogP contribution in [0.25, 0.3) is 10.9 Å². The minimum absolute atomic E-state index is 0.00951. The van der Waals surface area contributed by atoms with Crippen molar-refractivity contribution in [1.29, 1.82) is 0 Å². The number of anilines is 1. The summed E-state index contributed by atoms with van der Waals surface area (Å²) in [7, 11) is 1.45. The van der Waals surface area contributed by atoms with Gasteiger partial charge in [-0.15, -0.1) is 0 Å². The predicted octanol–water partition coefficient (Wildman–Crippen LogP) is 2.61. The van der Waals surface area contributed by atoms with Crippen LogP contribution in [0.2, 0.25) is 5.02 Å². The average molecular weight is 294 g/mol. The number of nitrogens with one attached hydrogen (secondary N) is 1. The Hall–Kier alpha value is -1.75. The molecule has 0 aliphatic carbocycles. The molecule has 0 radical (unpaired) electrons. The summed E-state index contributed by atoms with van der Waals surface area (Å²) >= 11 is 6.15. The quantitative estimate of drug-likeness (QED) is 0.865. The van der Waals surface area contributed by atoms with Gasteiger partial charge in [-0.05, 0) is 25.0 Å². The third-order valence-corrected chi connectivity index (χ3v) is 4.09. The van der Waals surface area contributed by atoms with Crippen LogP contribution in [0.5, 0.6) is 0 Å². The van der Waals surface area contributed by atoms with Crippen LogP contribution in [0.1, 0.15) is 12.8 Å². The number of carbonyl (C=O) groups is 1. The number of ether oxygens (including phenoxy) is 1. The summed E-state index contributed by atoms with van der Waals surface area (Å²) < 4.78 is 4.81. The summed E-state index contributed by atoms with van der Waals surface area (Å²) in [5, 5.41) is 8.76. The van der Waals surface area contributed by atoms with Crippen LogP contribution < -0.4 is 4.90 Å². The largest absolute Gasteiger partial charge is 0.469 e. The highest BCUT2D eigenvalue weighted by atomic mass is 35.5. The van der Waals surface area contributed by atoms with Crippen molar-refractivity contribution in [3.05, 3.63) is 23.4 Å². The number of carbonyl (C=O) groups excluding carboxylic acids is 1. The Balaban J connectivity index is 1.83. The van der Waals surface area contributed by atoms with Gasteiger partial charge >= 0.3 is 5.97 Å². The Labute approximate surface area is 121 Å². The minimum atomic E-state index is -0.107. The SMILES string of the molecule is COC(=O)C1CCN(c2cc(Cl)cc3[nH]ncc23)CC1. The lowest BCUT2D eigenvalue weighted by molar-refractivity contribution is -0.146. The van der Waals surface area contributed by atoms with Crippen LogP contribution in [0.3, 0.4) is 0 Å². The second kappa shape index (κ2) is 5.32. The Kier molecular flexibility index (Phi) is 3.53. The molecule has 2 heterocycles. The molecule has 2 aromatic rings. The first-order valence-electron chi connectivity index (χ1n) is 6.64. The molecule has 0 saturated carbocycles. The zero-order valence-electron chi connectivity index (χ0n) is 11.2. The van der Waals surface area contributed by atoms with Gasteiger partial charge in [-0.2, -0.15) is 5.10 Å². The first-order valence-corrected chi connectivity index (χ1v) is 7.02. The molecule has 1 aliphatic heterocycles. The van der Waals surface area contributed by atoms with Crippen molar-refractivity contribution in [1.82, 2.24) is 10.2 Å². The van der Waals surface area contributed by atoms with E-state index in [1.54, 1.807) is 0 Å². The van der Waals surface area contributed by atoms with E-state index in [1.165, 1.54) is 7.11 Å². The maximum absolute atomic E-state index is 11.6. The molecule has 1 saturated heterocycles. The number of hydrogen-bond donors (Lipinski definition) is 1. The van der Waals surface area contributed by atoms with Crippen molar-refractivity contribution in [2.75, 3.05) is 25.1 Å². The van der Waals surface area contributed by atoms with Crippen molar-refractivity contribution in [3.63, 3.8) is 0 Å². The van der Waals surface area contributed by atoms with Crippen molar-refractivity contribution in [2.24, 2.45) is 5.92 Å². The summed E-state index contributed by atoms with van der Waals surface area (Å²) in [6, 6.07) is 3.83. The first kappa shape index (κ1) is 13.2. The van der Waals surface area contributed by atoms with Crippen LogP contribution in [0.15, 0.2) is 18.3 Å². The number of aromatic nitrogens is 2. The highest BCUT2D eigenvalue weighted by Gasteiger charge is 2.26. The molecule has 0 bridgehead atoms. The van der Waals surface area contributed by atoms with Crippen LogP contribution in [0, 0.1) is 5.92 Å². The molecule has 1 aromatic heterocycles. The molecule has 1 fully saturated rings. The molecule has 20 heavy (non-hydrogen) atoms. The van der Waals surface area contributed by atoms with E-state index in [0.717, 1.165) is 42.5 Å². The summed E-state index contributed by atoms with van der Waals surface area (Å²) in [4.78, 5) is 13.8. The van der Waals surface area contributed by atoms with Crippen molar-refractivity contribution in [2.45, 2.75) is 12.8 Å². The van der Waals surface area contributed by atoms with Gasteiger partial charge < -0.3 is 9.64 Å². The summed E-state index contributed by atoms with van der Waals surface area (Å²) in [6.07, 6.45) is 3.42. The van der Waals surface area contributed by atoms with E-state index in [-0.39, 0.29) is 11.9 Å². The van der Waals surface area contributed by atoms with Gasteiger partial charge in [-0.1, -0.05) is 11.6 Å².